The Morgan fingerprint density at radius 1 is 1.19 bits per heavy atom. The van der Waals surface area contributed by atoms with Crippen LogP contribution in [0.4, 0.5) is 20.2 Å². The highest BCUT2D eigenvalue weighted by molar-refractivity contribution is 6.05. The Kier molecular flexibility index (Phi) is 3.98. The van der Waals surface area contributed by atoms with Crippen molar-refractivity contribution in [2.75, 3.05) is 22.9 Å². The third kappa shape index (κ3) is 2.66. The Bertz CT molecular complexity index is 913. The summed E-state index contributed by atoms with van der Waals surface area (Å²) in [7, 11) is 0. The van der Waals surface area contributed by atoms with Gasteiger partial charge in [-0.25, -0.2) is 8.78 Å². The molecule has 1 unspecified atom stereocenters. The number of aryl methyl sites for hydroxylation is 1. The molecule has 0 spiro atoms. The predicted octanol–water partition coefficient (Wildman–Crippen LogP) is 3.22. The van der Waals surface area contributed by atoms with Gasteiger partial charge in [-0.1, -0.05) is 18.2 Å². The number of para-hydroxylation sites is 1. The number of carbonyl (C=O) groups excluding carboxylic acids is 2. The zero-order valence-corrected chi connectivity index (χ0v) is 14.3. The molecule has 2 aliphatic heterocycles. The number of rotatable bonds is 2. The van der Waals surface area contributed by atoms with E-state index in [1.54, 1.807) is 4.90 Å². The zero-order valence-electron chi connectivity index (χ0n) is 14.3. The average molecular weight is 356 g/mol. The van der Waals surface area contributed by atoms with Crippen molar-refractivity contribution in [3.8, 4) is 0 Å². The Labute approximate surface area is 150 Å². The van der Waals surface area contributed by atoms with Gasteiger partial charge >= 0.3 is 0 Å². The van der Waals surface area contributed by atoms with Gasteiger partial charge in [-0.2, -0.15) is 0 Å². The Hall–Kier alpha value is -2.76. The topological polar surface area (TPSA) is 40.6 Å². The minimum absolute atomic E-state index is 0.0182. The largest absolute Gasteiger partial charge is 0.311 e. The van der Waals surface area contributed by atoms with Crippen molar-refractivity contribution >= 4 is 23.2 Å². The number of nitrogens with zero attached hydrogens (tertiary/aromatic N) is 2. The molecule has 0 saturated carbocycles. The van der Waals surface area contributed by atoms with Crippen molar-refractivity contribution in [1.82, 2.24) is 0 Å². The summed E-state index contributed by atoms with van der Waals surface area (Å²) in [5.41, 5.74) is 3.10. The van der Waals surface area contributed by atoms with Crippen molar-refractivity contribution in [1.29, 1.82) is 0 Å². The van der Waals surface area contributed by atoms with E-state index in [0.29, 0.717) is 6.54 Å². The monoisotopic (exact) mass is 356 g/mol. The molecule has 2 aliphatic rings. The van der Waals surface area contributed by atoms with Crippen molar-refractivity contribution < 1.29 is 18.4 Å². The zero-order chi connectivity index (χ0) is 18.4. The summed E-state index contributed by atoms with van der Waals surface area (Å²) >= 11 is 0. The molecule has 0 bridgehead atoms. The van der Waals surface area contributed by atoms with E-state index >= 15 is 0 Å². The molecule has 0 N–H and O–H groups in total. The van der Waals surface area contributed by atoms with Crippen LogP contribution in [-0.4, -0.2) is 24.9 Å². The van der Waals surface area contributed by atoms with Gasteiger partial charge in [0.1, 0.15) is 11.6 Å². The van der Waals surface area contributed by atoms with Crippen LogP contribution >= 0.6 is 0 Å². The molecule has 2 aromatic carbocycles. The molecule has 134 valence electrons. The molecule has 4 rings (SSSR count). The molecule has 1 atom stereocenters. The van der Waals surface area contributed by atoms with E-state index in [1.165, 1.54) is 11.0 Å². The van der Waals surface area contributed by atoms with Crippen LogP contribution in [0.5, 0.6) is 0 Å². The van der Waals surface area contributed by atoms with Crippen LogP contribution in [0.15, 0.2) is 36.4 Å². The Balaban J connectivity index is 1.58. The van der Waals surface area contributed by atoms with Crippen LogP contribution in [0.2, 0.25) is 0 Å². The first-order valence-corrected chi connectivity index (χ1v) is 8.61. The van der Waals surface area contributed by atoms with Gasteiger partial charge in [-0.3, -0.25) is 9.59 Å². The van der Waals surface area contributed by atoms with Crippen LogP contribution < -0.4 is 9.80 Å². The number of anilines is 2. The predicted molar refractivity (Wildman–Crippen MR) is 94.1 cm³/mol. The fourth-order valence-corrected chi connectivity index (χ4v) is 3.90. The number of hydrogen-bond donors (Lipinski definition) is 0. The number of fused-ring (bicyclic) bond motifs is 1. The van der Waals surface area contributed by atoms with Gasteiger partial charge in [0.15, 0.2) is 0 Å². The van der Waals surface area contributed by atoms with Gasteiger partial charge < -0.3 is 9.80 Å². The third-order valence-electron chi connectivity index (χ3n) is 5.14. The maximum atomic E-state index is 14.0. The normalized spacial score (nSPS) is 19.2. The molecule has 4 nitrogen and oxygen atoms in total. The van der Waals surface area contributed by atoms with Crippen LogP contribution in [-0.2, 0) is 16.0 Å². The minimum Gasteiger partial charge on any atom is -0.311 e. The maximum absolute atomic E-state index is 14.0. The molecule has 1 fully saturated rings. The van der Waals surface area contributed by atoms with Crippen molar-refractivity contribution in [2.24, 2.45) is 5.92 Å². The van der Waals surface area contributed by atoms with Crippen LogP contribution in [0.1, 0.15) is 17.5 Å². The van der Waals surface area contributed by atoms with E-state index in [9.17, 15) is 18.4 Å². The summed E-state index contributed by atoms with van der Waals surface area (Å²) < 4.78 is 27.1. The smallest absolute Gasteiger partial charge is 0.232 e. The van der Waals surface area contributed by atoms with E-state index < -0.39 is 17.6 Å². The lowest BCUT2D eigenvalue weighted by molar-refractivity contribution is -0.124. The lowest BCUT2D eigenvalue weighted by Crippen LogP contribution is -2.36. The van der Waals surface area contributed by atoms with Gasteiger partial charge in [0.05, 0.1) is 11.6 Å². The maximum Gasteiger partial charge on any atom is 0.232 e. The van der Waals surface area contributed by atoms with E-state index in [-0.39, 0.29) is 30.5 Å². The van der Waals surface area contributed by atoms with Gasteiger partial charge in [-0.15, -0.1) is 0 Å². The van der Waals surface area contributed by atoms with Crippen molar-refractivity contribution in [3.05, 3.63) is 59.2 Å². The van der Waals surface area contributed by atoms with Gasteiger partial charge in [0.25, 0.3) is 0 Å². The molecule has 0 aromatic heterocycles. The molecule has 0 radical (unpaired) electrons. The quantitative estimate of drug-likeness (QED) is 0.829. The Morgan fingerprint density at radius 2 is 2.00 bits per heavy atom. The van der Waals surface area contributed by atoms with Crippen LogP contribution in [0.3, 0.4) is 0 Å². The molecule has 2 amide bonds. The van der Waals surface area contributed by atoms with E-state index in [4.69, 9.17) is 0 Å². The average Bonchev–Trinajstić information content (AvgIpc) is 3.19. The second-order valence-corrected chi connectivity index (χ2v) is 6.82. The van der Waals surface area contributed by atoms with Gasteiger partial charge in [0, 0.05) is 31.3 Å². The molecule has 2 aromatic rings. The Morgan fingerprint density at radius 3 is 2.77 bits per heavy atom. The number of amides is 2. The minimum atomic E-state index is -0.797. The summed E-state index contributed by atoms with van der Waals surface area (Å²) in [4.78, 5) is 28.4. The number of benzene rings is 2. The molecule has 6 heteroatoms. The fraction of sp³-hybridized carbons (Fsp3) is 0.300. The molecular formula is C20H18F2N2O2. The molecule has 0 aliphatic carbocycles. The van der Waals surface area contributed by atoms with Crippen LogP contribution in [0, 0.1) is 24.5 Å². The summed E-state index contributed by atoms with van der Waals surface area (Å²) in [5, 5.41) is 0. The molecule has 2 heterocycles. The van der Waals surface area contributed by atoms with Crippen LogP contribution in [0.25, 0.3) is 0 Å². The first-order valence-electron chi connectivity index (χ1n) is 8.61. The fourth-order valence-electron chi connectivity index (χ4n) is 3.90. The first-order chi connectivity index (χ1) is 12.5. The summed E-state index contributed by atoms with van der Waals surface area (Å²) in [6.07, 6.45) is 0.826. The summed E-state index contributed by atoms with van der Waals surface area (Å²) in [6, 6.07) is 9.05. The lowest BCUT2D eigenvalue weighted by atomic mass is 10.1. The standard InChI is InChI=1S/C20H18F2N2O2/c1-12-3-2-4-13-7-8-23(19(12)13)20(26)14-9-18(25)24(11-14)17-6-5-15(21)10-16(17)22/h2-6,10,14H,7-9,11H2,1H3. The lowest BCUT2D eigenvalue weighted by Gasteiger charge is -2.23. The van der Waals surface area contributed by atoms with E-state index in [2.05, 4.69) is 0 Å². The summed E-state index contributed by atoms with van der Waals surface area (Å²) in [6.45, 7) is 2.66. The third-order valence-corrected chi connectivity index (χ3v) is 5.14. The van der Waals surface area contributed by atoms with E-state index in [1.807, 2.05) is 25.1 Å². The highest BCUT2D eigenvalue weighted by Gasteiger charge is 2.40. The van der Waals surface area contributed by atoms with Crippen molar-refractivity contribution in [2.45, 2.75) is 19.8 Å². The number of halogens is 2. The second kappa shape index (κ2) is 6.20. The number of carbonyl (C=O) groups is 2. The highest BCUT2D eigenvalue weighted by Crippen LogP contribution is 2.35. The van der Waals surface area contributed by atoms with Gasteiger partial charge in [0.2, 0.25) is 11.8 Å². The van der Waals surface area contributed by atoms with Gasteiger partial charge in [-0.05, 0) is 36.6 Å². The van der Waals surface area contributed by atoms with E-state index in [0.717, 1.165) is 35.4 Å². The molecule has 1 saturated heterocycles. The highest BCUT2D eigenvalue weighted by atomic mass is 19.1. The number of hydrogen-bond acceptors (Lipinski definition) is 2. The molecular weight excluding hydrogens is 338 g/mol. The summed E-state index contributed by atoms with van der Waals surface area (Å²) in [5.74, 6) is -2.46. The molecule has 26 heavy (non-hydrogen) atoms. The first kappa shape index (κ1) is 16.7. The second-order valence-electron chi connectivity index (χ2n) is 6.82. The van der Waals surface area contributed by atoms with Crippen molar-refractivity contribution in [3.63, 3.8) is 0 Å². The SMILES string of the molecule is Cc1cccc2c1N(C(=O)C1CC(=O)N(c3ccc(F)cc3F)C1)CC2.